The molecule has 0 spiro atoms. The Morgan fingerprint density at radius 1 is 1.21 bits per heavy atom. The smallest absolute Gasteiger partial charge is 0.221 e. The van der Waals surface area contributed by atoms with Crippen molar-refractivity contribution in [3.05, 3.63) is 71.5 Å². The van der Waals surface area contributed by atoms with E-state index in [-0.39, 0.29) is 5.91 Å². The number of carbonyl (C=O) groups is 1. The molecule has 1 N–H and O–H groups in total. The summed E-state index contributed by atoms with van der Waals surface area (Å²) in [5.74, 6) is -0.145. The highest BCUT2D eigenvalue weighted by Gasteiger charge is 2.15. The molecule has 0 aliphatic heterocycles. The van der Waals surface area contributed by atoms with Crippen LogP contribution in [0.4, 0.5) is 5.69 Å². The minimum absolute atomic E-state index is 0.145. The fourth-order valence-electron chi connectivity index (χ4n) is 2.46. The number of nitrogens with zero attached hydrogens (tertiary/aromatic N) is 4. The number of anilines is 1. The van der Waals surface area contributed by atoms with Gasteiger partial charge in [0.2, 0.25) is 5.91 Å². The summed E-state index contributed by atoms with van der Waals surface area (Å²) in [6, 6.07) is 19.2. The van der Waals surface area contributed by atoms with Crippen LogP contribution in [0, 0.1) is 11.3 Å². The van der Waals surface area contributed by atoms with Gasteiger partial charge in [0.15, 0.2) is 5.69 Å². The molecule has 0 atom stereocenters. The Hall–Kier alpha value is -3.46. The van der Waals surface area contributed by atoms with E-state index in [1.54, 1.807) is 16.8 Å². The summed E-state index contributed by atoms with van der Waals surface area (Å²) >= 11 is 0. The van der Waals surface area contributed by atoms with Crippen LogP contribution in [0.2, 0.25) is 0 Å². The minimum atomic E-state index is -0.145. The first-order valence-electron chi connectivity index (χ1n) is 7.44. The summed E-state index contributed by atoms with van der Waals surface area (Å²) in [7, 11) is 0. The van der Waals surface area contributed by atoms with E-state index >= 15 is 0 Å². The first-order chi connectivity index (χ1) is 11.7. The third-order valence-electron chi connectivity index (χ3n) is 3.49. The quantitative estimate of drug-likeness (QED) is 0.802. The molecule has 0 aliphatic rings. The molecule has 0 aliphatic carbocycles. The second-order valence-electron chi connectivity index (χ2n) is 5.30. The van der Waals surface area contributed by atoms with Crippen molar-refractivity contribution in [1.82, 2.24) is 15.0 Å². The van der Waals surface area contributed by atoms with Crippen LogP contribution in [-0.4, -0.2) is 20.9 Å². The predicted octanol–water partition coefficient (Wildman–Crippen LogP) is 2.69. The van der Waals surface area contributed by atoms with Crippen molar-refractivity contribution in [2.45, 2.75) is 13.3 Å². The minimum Gasteiger partial charge on any atom is -0.326 e. The van der Waals surface area contributed by atoms with E-state index in [4.69, 9.17) is 0 Å². The van der Waals surface area contributed by atoms with Gasteiger partial charge in [0, 0.05) is 19.0 Å². The highest BCUT2D eigenvalue weighted by Crippen LogP contribution is 2.19. The number of nitrogens with one attached hydrogen (secondary N) is 1. The van der Waals surface area contributed by atoms with E-state index < -0.39 is 0 Å². The number of nitriles is 1. The van der Waals surface area contributed by atoms with Crippen LogP contribution in [-0.2, 0) is 11.2 Å². The average Bonchev–Trinajstić information content (AvgIpc) is 2.98. The highest BCUT2D eigenvalue weighted by molar-refractivity contribution is 5.88. The van der Waals surface area contributed by atoms with Crippen molar-refractivity contribution in [2.75, 3.05) is 5.32 Å². The Kier molecular flexibility index (Phi) is 4.34. The molecule has 1 amide bonds. The molecule has 0 fully saturated rings. The molecule has 1 heterocycles. The molecule has 3 aromatic rings. The van der Waals surface area contributed by atoms with E-state index in [1.807, 2.05) is 42.5 Å². The Morgan fingerprint density at radius 3 is 2.71 bits per heavy atom. The molecule has 2 aromatic carbocycles. The van der Waals surface area contributed by atoms with Gasteiger partial charge in [-0.1, -0.05) is 41.6 Å². The topological polar surface area (TPSA) is 83.6 Å². The van der Waals surface area contributed by atoms with Crippen LogP contribution in [0.15, 0.2) is 54.6 Å². The molecule has 0 bridgehead atoms. The van der Waals surface area contributed by atoms with Crippen molar-refractivity contribution in [3.8, 4) is 11.8 Å². The Morgan fingerprint density at radius 2 is 2.00 bits per heavy atom. The summed E-state index contributed by atoms with van der Waals surface area (Å²) in [6.45, 7) is 1.46. The molecule has 0 unspecified atom stereocenters. The molecule has 24 heavy (non-hydrogen) atoms. The van der Waals surface area contributed by atoms with Crippen LogP contribution in [0.25, 0.3) is 5.69 Å². The third-order valence-corrected chi connectivity index (χ3v) is 3.49. The summed E-state index contributed by atoms with van der Waals surface area (Å²) < 4.78 is 1.64. The van der Waals surface area contributed by atoms with Crippen molar-refractivity contribution in [3.63, 3.8) is 0 Å². The van der Waals surface area contributed by atoms with E-state index in [2.05, 4.69) is 21.7 Å². The molecule has 0 radical (unpaired) electrons. The standard InChI is InChI=1S/C18H15N5O/c1-13(24)20-15-8-5-9-16(11-15)23-18(17(12-19)21-22-23)10-14-6-3-2-4-7-14/h2-9,11H,10H2,1H3,(H,20,24). The molecule has 6 nitrogen and oxygen atoms in total. The first-order valence-corrected chi connectivity index (χ1v) is 7.44. The van der Waals surface area contributed by atoms with Gasteiger partial charge in [0.25, 0.3) is 0 Å². The van der Waals surface area contributed by atoms with Crippen LogP contribution in [0.3, 0.4) is 0 Å². The normalized spacial score (nSPS) is 10.2. The second kappa shape index (κ2) is 6.75. The van der Waals surface area contributed by atoms with Gasteiger partial charge < -0.3 is 5.32 Å². The number of rotatable bonds is 4. The number of hydrogen-bond acceptors (Lipinski definition) is 4. The van der Waals surface area contributed by atoms with Gasteiger partial charge in [0.1, 0.15) is 6.07 Å². The van der Waals surface area contributed by atoms with Crippen LogP contribution in [0.1, 0.15) is 23.9 Å². The lowest BCUT2D eigenvalue weighted by Crippen LogP contribution is -2.08. The van der Waals surface area contributed by atoms with E-state index in [1.165, 1.54) is 6.92 Å². The van der Waals surface area contributed by atoms with Crippen LogP contribution >= 0.6 is 0 Å². The maximum absolute atomic E-state index is 11.2. The summed E-state index contributed by atoms with van der Waals surface area (Å²) in [5, 5.41) is 20.1. The number of benzene rings is 2. The number of carbonyl (C=O) groups excluding carboxylic acids is 1. The summed E-state index contributed by atoms with van der Waals surface area (Å²) in [4.78, 5) is 11.2. The maximum atomic E-state index is 11.2. The highest BCUT2D eigenvalue weighted by atomic mass is 16.1. The zero-order valence-electron chi connectivity index (χ0n) is 13.1. The predicted molar refractivity (Wildman–Crippen MR) is 89.6 cm³/mol. The molecule has 0 saturated carbocycles. The largest absolute Gasteiger partial charge is 0.326 e. The van der Waals surface area contributed by atoms with E-state index in [0.717, 1.165) is 11.3 Å². The summed E-state index contributed by atoms with van der Waals surface area (Å²) in [5.41, 5.74) is 3.48. The first kappa shape index (κ1) is 15.4. The van der Waals surface area contributed by atoms with Gasteiger partial charge in [-0.3, -0.25) is 4.79 Å². The van der Waals surface area contributed by atoms with Gasteiger partial charge in [-0.05, 0) is 23.8 Å². The van der Waals surface area contributed by atoms with Crippen molar-refractivity contribution >= 4 is 11.6 Å². The zero-order chi connectivity index (χ0) is 16.9. The third kappa shape index (κ3) is 3.31. The molecule has 118 valence electrons. The SMILES string of the molecule is CC(=O)Nc1cccc(-n2nnc(C#N)c2Cc2ccccc2)c1. The lowest BCUT2D eigenvalue weighted by Gasteiger charge is -2.09. The van der Waals surface area contributed by atoms with Crippen molar-refractivity contribution < 1.29 is 4.79 Å². The number of hydrogen-bond donors (Lipinski definition) is 1. The lowest BCUT2D eigenvalue weighted by atomic mass is 10.1. The number of amides is 1. The Labute approximate surface area is 139 Å². The number of aromatic nitrogens is 3. The second-order valence-corrected chi connectivity index (χ2v) is 5.30. The van der Waals surface area contributed by atoms with Gasteiger partial charge >= 0.3 is 0 Å². The van der Waals surface area contributed by atoms with Crippen molar-refractivity contribution in [2.24, 2.45) is 0 Å². The molecular weight excluding hydrogens is 302 g/mol. The van der Waals surface area contributed by atoms with Gasteiger partial charge in [-0.15, -0.1) is 5.10 Å². The zero-order valence-corrected chi connectivity index (χ0v) is 13.1. The molecule has 3 rings (SSSR count). The van der Waals surface area contributed by atoms with E-state index in [0.29, 0.717) is 23.5 Å². The van der Waals surface area contributed by atoms with Gasteiger partial charge in [0.05, 0.1) is 11.4 Å². The molecular formula is C18H15N5O. The van der Waals surface area contributed by atoms with Crippen LogP contribution < -0.4 is 5.32 Å². The lowest BCUT2D eigenvalue weighted by molar-refractivity contribution is -0.114. The van der Waals surface area contributed by atoms with E-state index in [9.17, 15) is 10.1 Å². The summed E-state index contributed by atoms with van der Waals surface area (Å²) in [6.07, 6.45) is 0.543. The molecule has 6 heteroatoms. The monoisotopic (exact) mass is 317 g/mol. The molecule has 1 aromatic heterocycles. The fraction of sp³-hybridized carbons (Fsp3) is 0.111. The Balaban J connectivity index is 2.01. The van der Waals surface area contributed by atoms with Crippen LogP contribution in [0.5, 0.6) is 0 Å². The fourth-order valence-corrected chi connectivity index (χ4v) is 2.46. The van der Waals surface area contributed by atoms with Gasteiger partial charge in [-0.2, -0.15) is 5.26 Å². The Bertz CT molecular complexity index is 909. The molecule has 0 saturated heterocycles. The van der Waals surface area contributed by atoms with Crippen molar-refractivity contribution in [1.29, 1.82) is 5.26 Å². The van der Waals surface area contributed by atoms with Gasteiger partial charge in [-0.25, -0.2) is 4.68 Å². The average molecular weight is 317 g/mol. The maximum Gasteiger partial charge on any atom is 0.221 e.